The van der Waals surface area contributed by atoms with Crippen LogP contribution in [-0.2, 0) is 23.9 Å². The summed E-state index contributed by atoms with van der Waals surface area (Å²) >= 11 is 7.00. The molecule has 0 radical (unpaired) electrons. The molecule has 0 aliphatic heterocycles. The van der Waals surface area contributed by atoms with Crippen LogP contribution >= 0.6 is 22.9 Å². The zero-order valence-electron chi connectivity index (χ0n) is 16.4. The third kappa shape index (κ3) is 8.22. The summed E-state index contributed by atoms with van der Waals surface area (Å²) in [6, 6.07) is 0. The number of hydrogen-bond acceptors (Lipinski definition) is 9. The molecule has 156 valence electrons. The Balaban J connectivity index is 2.79. The van der Waals surface area contributed by atoms with Crippen molar-refractivity contribution in [3.8, 4) is 0 Å². The van der Waals surface area contributed by atoms with Gasteiger partial charge in [0.05, 0.1) is 6.61 Å². The van der Waals surface area contributed by atoms with Crippen molar-refractivity contribution in [3.05, 3.63) is 10.0 Å². The Morgan fingerprint density at radius 3 is 2.64 bits per heavy atom. The number of amides is 1. The molecule has 1 rings (SSSR count). The number of thiazole rings is 1. The molecule has 1 heterocycles. The molecule has 11 heteroatoms. The summed E-state index contributed by atoms with van der Waals surface area (Å²) in [4.78, 5) is 44.0. The van der Waals surface area contributed by atoms with Gasteiger partial charge in [0.15, 0.2) is 17.1 Å². The maximum Gasteiger partial charge on any atom is 0.413 e. The predicted octanol–water partition coefficient (Wildman–Crippen LogP) is 3.79. The normalized spacial score (nSPS) is 12.9. The van der Waals surface area contributed by atoms with Gasteiger partial charge in [0, 0.05) is 0 Å². The highest BCUT2D eigenvalue weighted by Crippen LogP contribution is 2.28. The second-order valence-electron chi connectivity index (χ2n) is 6.63. The van der Waals surface area contributed by atoms with Crippen molar-refractivity contribution in [1.82, 2.24) is 4.98 Å². The lowest BCUT2D eigenvalue weighted by atomic mass is 10.2. The summed E-state index contributed by atoms with van der Waals surface area (Å²) in [6.45, 7) is 8.85. The van der Waals surface area contributed by atoms with Gasteiger partial charge < -0.3 is 14.3 Å². The molecule has 0 fully saturated rings. The Morgan fingerprint density at radius 1 is 1.39 bits per heavy atom. The topological polar surface area (TPSA) is 116 Å². The smallest absolute Gasteiger partial charge is 0.413 e. The van der Waals surface area contributed by atoms with E-state index in [1.807, 2.05) is 6.92 Å². The van der Waals surface area contributed by atoms with E-state index in [4.69, 9.17) is 25.9 Å². The highest BCUT2D eigenvalue weighted by molar-refractivity contribution is 7.20. The molecule has 0 aliphatic rings. The average molecular weight is 434 g/mol. The Labute approximate surface area is 172 Å². The number of carbonyl (C=O) groups excluding carboxylic acids is 3. The van der Waals surface area contributed by atoms with E-state index < -0.39 is 23.8 Å². The molecular weight excluding hydrogens is 410 g/mol. The first kappa shape index (κ1) is 23.8. The van der Waals surface area contributed by atoms with Crippen LogP contribution in [-0.4, -0.2) is 47.4 Å². The second kappa shape index (κ2) is 11.0. The number of oxime groups is 1. The summed E-state index contributed by atoms with van der Waals surface area (Å²) in [5.41, 5.74) is -0.898. The van der Waals surface area contributed by atoms with E-state index in [0.717, 1.165) is 24.2 Å². The molecule has 0 spiro atoms. The number of rotatable bonds is 9. The number of esters is 1. The molecule has 1 aromatic rings. The molecule has 1 N–H and O–H groups in total. The van der Waals surface area contributed by atoms with Crippen molar-refractivity contribution in [2.75, 3.05) is 11.9 Å². The Bertz CT molecular complexity index is 729. The molecule has 0 aliphatic carbocycles. The van der Waals surface area contributed by atoms with Gasteiger partial charge in [0.2, 0.25) is 6.10 Å². The zero-order chi connectivity index (χ0) is 21.3. The number of aromatic nitrogens is 1. The van der Waals surface area contributed by atoms with Gasteiger partial charge in [-0.05, 0) is 34.1 Å². The van der Waals surface area contributed by atoms with E-state index in [2.05, 4.69) is 15.5 Å². The first-order chi connectivity index (χ1) is 13.1. The first-order valence-electron chi connectivity index (χ1n) is 8.59. The van der Waals surface area contributed by atoms with Gasteiger partial charge in [-0.2, -0.15) is 0 Å². The van der Waals surface area contributed by atoms with Gasteiger partial charge in [0.25, 0.3) is 0 Å². The standard InChI is InChI=1S/C17H24ClN3O6S/c1-6-7-8-25-14(23)10(2)27-21-11(9-22)12-13(18)28-15(19-12)20-16(24)26-17(3,4)5/h9-10H,6-8H2,1-5H3,(H,19,20,24)/b21-11+/t10-/m0/s1. The minimum atomic E-state index is -1.01. The summed E-state index contributed by atoms with van der Waals surface area (Å²) in [5, 5.41) is 6.19. The summed E-state index contributed by atoms with van der Waals surface area (Å²) in [5.74, 6) is -0.598. The summed E-state index contributed by atoms with van der Waals surface area (Å²) in [6.07, 6.45) is 0.284. The molecule has 0 saturated heterocycles. The lowest BCUT2D eigenvalue weighted by Gasteiger charge is -2.18. The number of halogens is 1. The van der Waals surface area contributed by atoms with Crippen molar-refractivity contribution in [1.29, 1.82) is 0 Å². The second-order valence-corrected chi connectivity index (χ2v) is 8.23. The zero-order valence-corrected chi connectivity index (χ0v) is 18.0. The van der Waals surface area contributed by atoms with Crippen molar-refractivity contribution in [2.45, 2.75) is 59.2 Å². The van der Waals surface area contributed by atoms with Crippen LogP contribution < -0.4 is 5.32 Å². The van der Waals surface area contributed by atoms with Crippen LogP contribution in [0.15, 0.2) is 5.16 Å². The van der Waals surface area contributed by atoms with Crippen LogP contribution in [0.25, 0.3) is 0 Å². The van der Waals surface area contributed by atoms with E-state index in [9.17, 15) is 14.4 Å². The minimum Gasteiger partial charge on any atom is -0.463 e. The number of unbranched alkanes of at least 4 members (excludes halogenated alkanes) is 1. The van der Waals surface area contributed by atoms with Crippen LogP contribution in [0.2, 0.25) is 4.34 Å². The fourth-order valence-corrected chi connectivity index (χ4v) is 2.68. The molecule has 0 bridgehead atoms. The van der Waals surface area contributed by atoms with E-state index in [0.29, 0.717) is 6.29 Å². The van der Waals surface area contributed by atoms with E-state index in [1.54, 1.807) is 20.8 Å². The van der Waals surface area contributed by atoms with Crippen molar-refractivity contribution < 1.29 is 28.7 Å². The third-order valence-electron chi connectivity index (χ3n) is 2.93. The average Bonchev–Trinajstić information content (AvgIpc) is 2.93. The molecule has 28 heavy (non-hydrogen) atoms. The van der Waals surface area contributed by atoms with Crippen molar-refractivity contribution in [2.24, 2.45) is 5.16 Å². The Kier molecular flexibility index (Phi) is 9.33. The molecular formula is C17H24ClN3O6S. The minimum absolute atomic E-state index is 0.0132. The largest absolute Gasteiger partial charge is 0.463 e. The van der Waals surface area contributed by atoms with Crippen LogP contribution in [0, 0.1) is 0 Å². The predicted molar refractivity (Wildman–Crippen MR) is 106 cm³/mol. The number of ether oxygens (including phenoxy) is 2. The molecule has 0 saturated carbocycles. The summed E-state index contributed by atoms with van der Waals surface area (Å²) in [7, 11) is 0. The number of nitrogens with one attached hydrogen (secondary N) is 1. The lowest BCUT2D eigenvalue weighted by molar-refractivity contribution is -0.156. The van der Waals surface area contributed by atoms with Gasteiger partial charge in [-0.1, -0.05) is 41.4 Å². The maximum atomic E-state index is 11.8. The Morgan fingerprint density at radius 2 is 2.07 bits per heavy atom. The van der Waals surface area contributed by atoms with Crippen molar-refractivity contribution >= 4 is 52.1 Å². The van der Waals surface area contributed by atoms with Gasteiger partial charge in [-0.25, -0.2) is 14.6 Å². The molecule has 1 atom stereocenters. The van der Waals surface area contributed by atoms with E-state index >= 15 is 0 Å². The van der Waals surface area contributed by atoms with Crippen LogP contribution in [0.5, 0.6) is 0 Å². The quantitative estimate of drug-likeness (QED) is 0.207. The van der Waals surface area contributed by atoms with Gasteiger partial charge in [-0.15, -0.1) is 0 Å². The van der Waals surface area contributed by atoms with Gasteiger partial charge in [-0.3, -0.25) is 10.1 Å². The maximum absolute atomic E-state index is 11.8. The van der Waals surface area contributed by atoms with Crippen LogP contribution in [0.4, 0.5) is 9.93 Å². The monoisotopic (exact) mass is 433 g/mol. The fourth-order valence-electron chi connectivity index (χ4n) is 1.64. The first-order valence-corrected chi connectivity index (χ1v) is 9.79. The molecule has 0 aromatic carbocycles. The van der Waals surface area contributed by atoms with E-state index in [1.165, 1.54) is 6.92 Å². The SMILES string of the molecule is CCCCOC(=O)[C@H](C)O/N=C(\C=O)c1nc(NC(=O)OC(C)(C)C)sc1Cl. The number of aldehydes is 1. The molecule has 1 aromatic heterocycles. The molecule has 9 nitrogen and oxygen atoms in total. The van der Waals surface area contributed by atoms with Gasteiger partial charge >= 0.3 is 12.1 Å². The third-order valence-corrected chi connectivity index (χ3v) is 4.10. The number of carbonyl (C=O) groups is 3. The van der Waals surface area contributed by atoms with Crippen LogP contribution in [0.1, 0.15) is 53.2 Å². The summed E-state index contributed by atoms with van der Waals surface area (Å²) < 4.78 is 10.2. The molecule has 0 unspecified atom stereocenters. The number of nitrogens with zero attached hydrogens (tertiary/aromatic N) is 2. The highest BCUT2D eigenvalue weighted by Gasteiger charge is 2.21. The van der Waals surface area contributed by atoms with Crippen molar-refractivity contribution in [3.63, 3.8) is 0 Å². The lowest BCUT2D eigenvalue weighted by Crippen LogP contribution is -2.27. The van der Waals surface area contributed by atoms with E-state index in [-0.39, 0.29) is 27.5 Å². The van der Waals surface area contributed by atoms with Gasteiger partial charge in [0.1, 0.15) is 15.6 Å². The fraction of sp³-hybridized carbons (Fsp3) is 0.588. The number of anilines is 1. The molecule has 1 amide bonds. The van der Waals surface area contributed by atoms with Crippen LogP contribution in [0.3, 0.4) is 0 Å². The highest BCUT2D eigenvalue weighted by atomic mass is 35.5. The number of hydrogen-bond donors (Lipinski definition) is 1. The Hall–Kier alpha value is -2.20.